The zero-order valence-corrected chi connectivity index (χ0v) is 18.1. The highest BCUT2D eigenvalue weighted by molar-refractivity contribution is 8.22. The predicted molar refractivity (Wildman–Crippen MR) is 115 cm³/mol. The number of thioether (sulfide) groups is 1. The highest BCUT2D eigenvalue weighted by Crippen LogP contribution is 2.30. The third-order valence-electron chi connectivity index (χ3n) is 4.52. The molecule has 138 valence electrons. The molecule has 0 aliphatic rings. The number of aryl methyl sites for hydroxylation is 1. The van der Waals surface area contributed by atoms with Gasteiger partial charge in [0.1, 0.15) is 15.0 Å². The van der Waals surface area contributed by atoms with Gasteiger partial charge in [-0.25, -0.2) is 4.98 Å². The fraction of sp³-hybridized carbons (Fsp3) is 0.611. The van der Waals surface area contributed by atoms with Gasteiger partial charge in [0.2, 0.25) is 0 Å². The van der Waals surface area contributed by atoms with E-state index in [0.29, 0.717) is 17.5 Å². The molecule has 0 radical (unpaired) electrons. The Balaban J connectivity index is 2.25. The summed E-state index contributed by atoms with van der Waals surface area (Å²) in [7, 11) is 0. The topological polar surface area (TPSA) is 49.0 Å². The van der Waals surface area contributed by atoms with Gasteiger partial charge in [0, 0.05) is 18.0 Å². The van der Waals surface area contributed by atoms with Gasteiger partial charge in [-0.2, -0.15) is 0 Å². The lowest BCUT2D eigenvalue weighted by atomic mass is 9.98. The van der Waals surface area contributed by atoms with E-state index in [1.807, 2.05) is 0 Å². The first kappa shape index (κ1) is 20.4. The van der Waals surface area contributed by atoms with Crippen molar-refractivity contribution in [2.75, 3.05) is 13.1 Å². The number of nitrogens with one attached hydrogen (secondary N) is 1. The van der Waals surface area contributed by atoms with Gasteiger partial charge in [0.05, 0.1) is 11.1 Å². The first-order valence-corrected chi connectivity index (χ1v) is 11.0. The van der Waals surface area contributed by atoms with E-state index in [2.05, 4.69) is 44.5 Å². The van der Waals surface area contributed by atoms with E-state index in [1.54, 1.807) is 23.1 Å². The molecule has 0 spiro atoms. The molecule has 0 aromatic carbocycles. The van der Waals surface area contributed by atoms with Gasteiger partial charge in [-0.1, -0.05) is 44.2 Å². The monoisotopic (exact) mass is 397 g/mol. The lowest BCUT2D eigenvalue weighted by molar-refractivity contribution is 0.482. The quantitative estimate of drug-likeness (QED) is 0.684. The largest absolute Gasteiger partial charge is 0.358 e. The van der Waals surface area contributed by atoms with Crippen molar-refractivity contribution in [3.8, 4) is 0 Å². The average molecular weight is 398 g/mol. The smallest absolute Gasteiger partial charge is 0.259 e. The van der Waals surface area contributed by atoms with Crippen LogP contribution in [-0.2, 0) is 12.2 Å². The number of fused-ring (bicyclic) bond motifs is 1. The van der Waals surface area contributed by atoms with Crippen molar-refractivity contribution in [2.24, 2.45) is 5.92 Å². The number of aromatic amines is 1. The molecule has 2 rings (SSSR count). The Hall–Kier alpha value is -0.920. The first-order chi connectivity index (χ1) is 11.9. The first-order valence-electron chi connectivity index (χ1n) is 8.83. The van der Waals surface area contributed by atoms with E-state index in [4.69, 9.17) is 17.2 Å². The van der Waals surface area contributed by atoms with Gasteiger partial charge in [0.25, 0.3) is 5.56 Å². The Labute approximate surface area is 163 Å². The SMILES string of the molecule is CC[C@H](C)Cc1c(C)sc2nc(CSC(=S)N(CC)CC)[nH]c(=O)c12. The van der Waals surface area contributed by atoms with Crippen molar-refractivity contribution < 1.29 is 0 Å². The summed E-state index contributed by atoms with van der Waals surface area (Å²) < 4.78 is 0.854. The molecule has 0 saturated carbocycles. The Kier molecular flexibility index (Phi) is 7.46. The Bertz CT molecular complexity index is 793. The van der Waals surface area contributed by atoms with Crippen LogP contribution in [0.4, 0.5) is 0 Å². The van der Waals surface area contributed by atoms with Gasteiger partial charge < -0.3 is 9.88 Å². The molecule has 4 nitrogen and oxygen atoms in total. The standard InChI is InChI=1S/C18H27N3OS3/c1-6-11(4)9-13-12(5)25-17-15(13)16(22)19-14(20-17)10-24-18(23)21(7-2)8-3/h11H,6-10H2,1-5H3,(H,19,20,22)/t11-/m0/s1. The maximum Gasteiger partial charge on any atom is 0.259 e. The fourth-order valence-corrected chi connectivity index (χ4v) is 5.07. The summed E-state index contributed by atoms with van der Waals surface area (Å²) in [5.41, 5.74) is 1.15. The van der Waals surface area contributed by atoms with Crippen LogP contribution in [0.1, 0.15) is 50.4 Å². The second-order valence-electron chi connectivity index (χ2n) is 6.27. The molecular weight excluding hydrogens is 370 g/mol. The van der Waals surface area contributed by atoms with Crippen molar-refractivity contribution in [3.63, 3.8) is 0 Å². The number of thiocarbonyl (C=S) groups is 1. The van der Waals surface area contributed by atoms with Crippen LogP contribution >= 0.6 is 35.3 Å². The summed E-state index contributed by atoms with van der Waals surface area (Å²) in [4.78, 5) is 24.5. The van der Waals surface area contributed by atoms with E-state index < -0.39 is 0 Å². The molecule has 1 N–H and O–H groups in total. The lowest BCUT2D eigenvalue weighted by Gasteiger charge is -2.20. The van der Waals surface area contributed by atoms with E-state index in [-0.39, 0.29) is 5.56 Å². The van der Waals surface area contributed by atoms with Crippen LogP contribution in [0.5, 0.6) is 0 Å². The van der Waals surface area contributed by atoms with E-state index >= 15 is 0 Å². The Morgan fingerprint density at radius 1 is 1.36 bits per heavy atom. The van der Waals surface area contributed by atoms with Crippen LogP contribution in [0.3, 0.4) is 0 Å². The highest BCUT2D eigenvalue weighted by atomic mass is 32.2. The number of H-pyrrole nitrogens is 1. The van der Waals surface area contributed by atoms with Crippen LogP contribution in [0.25, 0.3) is 10.2 Å². The lowest BCUT2D eigenvalue weighted by Crippen LogP contribution is -2.26. The molecule has 2 heterocycles. The summed E-state index contributed by atoms with van der Waals surface area (Å²) in [6.45, 7) is 12.5. The maximum atomic E-state index is 12.7. The van der Waals surface area contributed by atoms with Gasteiger partial charge in [-0.3, -0.25) is 4.79 Å². The molecule has 0 aliphatic carbocycles. The van der Waals surface area contributed by atoms with Crippen molar-refractivity contribution in [2.45, 2.75) is 53.2 Å². The highest BCUT2D eigenvalue weighted by Gasteiger charge is 2.17. The van der Waals surface area contributed by atoms with Crippen LogP contribution in [0.15, 0.2) is 4.79 Å². The average Bonchev–Trinajstić information content (AvgIpc) is 2.89. The second kappa shape index (κ2) is 9.14. The van der Waals surface area contributed by atoms with Gasteiger partial charge in [-0.15, -0.1) is 11.3 Å². The van der Waals surface area contributed by atoms with Gasteiger partial charge >= 0.3 is 0 Å². The van der Waals surface area contributed by atoms with E-state index in [9.17, 15) is 4.79 Å². The molecule has 2 aromatic rings. The van der Waals surface area contributed by atoms with E-state index in [1.165, 1.54) is 10.4 Å². The minimum Gasteiger partial charge on any atom is -0.358 e. The van der Waals surface area contributed by atoms with Gasteiger partial charge in [-0.05, 0) is 38.7 Å². The van der Waals surface area contributed by atoms with Crippen molar-refractivity contribution in [3.05, 3.63) is 26.6 Å². The molecule has 0 bridgehead atoms. The molecule has 2 aromatic heterocycles. The third kappa shape index (κ3) is 4.83. The zero-order chi connectivity index (χ0) is 18.6. The molecule has 0 fully saturated rings. The molecule has 1 atom stereocenters. The summed E-state index contributed by atoms with van der Waals surface area (Å²) in [6, 6.07) is 0. The maximum absolute atomic E-state index is 12.7. The molecule has 0 aliphatic heterocycles. The number of aromatic nitrogens is 2. The summed E-state index contributed by atoms with van der Waals surface area (Å²) in [6.07, 6.45) is 2.05. The molecule has 0 saturated heterocycles. The summed E-state index contributed by atoms with van der Waals surface area (Å²) >= 11 is 8.64. The van der Waals surface area contributed by atoms with Crippen LogP contribution in [-0.4, -0.2) is 32.3 Å². The molecule has 7 heteroatoms. The fourth-order valence-electron chi connectivity index (χ4n) is 2.73. The zero-order valence-electron chi connectivity index (χ0n) is 15.6. The van der Waals surface area contributed by atoms with Crippen LogP contribution in [0.2, 0.25) is 0 Å². The molecule has 25 heavy (non-hydrogen) atoms. The van der Waals surface area contributed by atoms with Gasteiger partial charge in [0.15, 0.2) is 0 Å². The second-order valence-corrected chi connectivity index (χ2v) is 9.09. The normalized spacial score (nSPS) is 12.5. The number of hydrogen-bond donors (Lipinski definition) is 1. The number of thiophene rings is 1. The minimum absolute atomic E-state index is 0.0167. The van der Waals surface area contributed by atoms with Crippen molar-refractivity contribution in [1.29, 1.82) is 0 Å². The van der Waals surface area contributed by atoms with E-state index in [0.717, 1.165) is 40.5 Å². The predicted octanol–water partition coefficient (Wildman–Crippen LogP) is 4.74. The summed E-state index contributed by atoms with van der Waals surface area (Å²) in [5.74, 6) is 1.86. The Morgan fingerprint density at radius 3 is 2.64 bits per heavy atom. The number of rotatable bonds is 7. The van der Waals surface area contributed by atoms with Crippen LogP contribution in [0, 0.1) is 12.8 Å². The number of hydrogen-bond acceptors (Lipinski definition) is 5. The molecular formula is C18H27N3OS3. The third-order valence-corrected chi connectivity index (χ3v) is 7.09. The Morgan fingerprint density at radius 2 is 2.04 bits per heavy atom. The van der Waals surface area contributed by atoms with Crippen molar-refractivity contribution in [1.82, 2.24) is 14.9 Å². The minimum atomic E-state index is -0.0167. The molecule has 0 unspecified atom stereocenters. The summed E-state index contributed by atoms with van der Waals surface area (Å²) in [5, 5.41) is 0.780. The van der Waals surface area contributed by atoms with Crippen molar-refractivity contribution >= 4 is 49.9 Å². The molecule has 0 amide bonds. The number of nitrogens with zero attached hydrogens (tertiary/aromatic N) is 2. The van der Waals surface area contributed by atoms with Crippen LogP contribution < -0.4 is 5.56 Å².